The van der Waals surface area contributed by atoms with Crippen LogP contribution >= 0.6 is 11.8 Å². The highest BCUT2D eigenvalue weighted by molar-refractivity contribution is 7.99. The Bertz CT molecular complexity index is 317. The van der Waals surface area contributed by atoms with Crippen LogP contribution in [-0.2, 0) is 0 Å². The van der Waals surface area contributed by atoms with Crippen LogP contribution in [0.25, 0.3) is 0 Å². The zero-order chi connectivity index (χ0) is 10.7. The second kappa shape index (κ2) is 4.67. The van der Waals surface area contributed by atoms with Gasteiger partial charge in [0.1, 0.15) is 11.6 Å². The molecular formula is C9H15N5S. The molecule has 1 aromatic rings. The van der Waals surface area contributed by atoms with Gasteiger partial charge in [0.2, 0.25) is 0 Å². The Morgan fingerprint density at radius 1 is 1.33 bits per heavy atom. The average molecular weight is 225 g/mol. The van der Waals surface area contributed by atoms with Crippen LogP contribution in [-0.4, -0.2) is 28.3 Å². The molecule has 1 aliphatic heterocycles. The van der Waals surface area contributed by atoms with Gasteiger partial charge in [-0.1, -0.05) is 11.8 Å². The van der Waals surface area contributed by atoms with Gasteiger partial charge in [0.05, 0.1) is 0 Å². The minimum absolute atomic E-state index is 0.439. The van der Waals surface area contributed by atoms with Crippen LogP contribution in [0.15, 0.2) is 11.2 Å². The van der Waals surface area contributed by atoms with E-state index in [4.69, 9.17) is 11.5 Å². The molecule has 1 saturated heterocycles. The molecule has 5 N–H and O–H groups in total. The Labute approximate surface area is 93.0 Å². The number of hydrogen-bond acceptors (Lipinski definition) is 6. The van der Waals surface area contributed by atoms with Gasteiger partial charge in [0, 0.05) is 17.9 Å². The lowest BCUT2D eigenvalue weighted by Gasteiger charge is -2.21. The monoisotopic (exact) mass is 225 g/mol. The molecule has 0 amide bonds. The van der Waals surface area contributed by atoms with Gasteiger partial charge in [-0.3, -0.25) is 0 Å². The maximum absolute atomic E-state index is 5.60. The summed E-state index contributed by atoms with van der Waals surface area (Å²) in [6, 6.07) is 1.57. The molecular weight excluding hydrogens is 210 g/mol. The van der Waals surface area contributed by atoms with E-state index in [-0.39, 0.29) is 0 Å². The third-order valence-corrected chi connectivity index (χ3v) is 3.40. The molecule has 0 aliphatic carbocycles. The standard InChI is InChI=1S/C9H15N5S/c10-7-4-8(11)14-9(13-7)15-6-2-1-3-12-5-6/h4,6,12H,1-3,5H2,(H4,10,11,13,14). The molecule has 15 heavy (non-hydrogen) atoms. The first-order valence-corrected chi connectivity index (χ1v) is 5.89. The Hall–Kier alpha value is -1.01. The quantitative estimate of drug-likeness (QED) is 0.634. The van der Waals surface area contributed by atoms with E-state index in [1.165, 1.54) is 12.8 Å². The highest BCUT2D eigenvalue weighted by Crippen LogP contribution is 2.25. The van der Waals surface area contributed by atoms with Gasteiger partial charge < -0.3 is 16.8 Å². The first-order chi connectivity index (χ1) is 7.24. The molecule has 0 bridgehead atoms. The molecule has 1 atom stereocenters. The van der Waals surface area contributed by atoms with Crippen molar-refractivity contribution in [3.8, 4) is 0 Å². The molecule has 1 fully saturated rings. The third-order valence-electron chi connectivity index (χ3n) is 2.27. The molecule has 1 aromatic heterocycles. The number of nitrogens with zero attached hydrogens (tertiary/aromatic N) is 2. The van der Waals surface area contributed by atoms with Crippen LogP contribution in [0.1, 0.15) is 12.8 Å². The molecule has 2 rings (SSSR count). The third kappa shape index (κ3) is 2.97. The lowest BCUT2D eigenvalue weighted by molar-refractivity contribution is 0.530. The molecule has 2 heterocycles. The maximum Gasteiger partial charge on any atom is 0.191 e. The van der Waals surface area contributed by atoms with Gasteiger partial charge in [0.25, 0.3) is 0 Å². The van der Waals surface area contributed by atoms with E-state index in [1.54, 1.807) is 17.8 Å². The first-order valence-electron chi connectivity index (χ1n) is 5.01. The van der Waals surface area contributed by atoms with Crippen molar-refractivity contribution < 1.29 is 0 Å². The van der Waals surface area contributed by atoms with Crippen molar-refractivity contribution in [1.82, 2.24) is 15.3 Å². The normalized spacial score (nSPS) is 21.5. The molecule has 0 spiro atoms. The lowest BCUT2D eigenvalue weighted by Crippen LogP contribution is -2.31. The fraction of sp³-hybridized carbons (Fsp3) is 0.556. The highest BCUT2D eigenvalue weighted by Gasteiger charge is 2.15. The summed E-state index contributed by atoms with van der Waals surface area (Å²) < 4.78 is 0. The largest absolute Gasteiger partial charge is 0.383 e. The van der Waals surface area contributed by atoms with Crippen molar-refractivity contribution >= 4 is 23.4 Å². The van der Waals surface area contributed by atoms with Crippen LogP contribution in [0, 0.1) is 0 Å². The van der Waals surface area contributed by atoms with Crippen LogP contribution < -0.4 is 16.8 Å². The predicted octanol–water partition coefficient (Wildman–Crippen LogP) is 0.485. The molecule has 1 aliphatic rings. The van der Waals surface area contributed by atoms with E-state index in [1.807, 2.05) is 0 Å². The SMILES string of the molecule is Nc1cc(N)nc(SC2CCCNC2)n1. The smallest absolute Gasteiger partial charge is 0.191 e. The number of piperidine rings is 1. The summed E-state index contributed by atoms with van der Waals surface area (Å²) in [4.78, 5) is 8.30. The molecule has 6 heteroatoms. The fourth-order valence-electron chi connectivity index (χ4n) is 1.58. The minimum atomic E-state index is 0.439. The number of rotatable bonds is 2. The highest BCUT2D eigenvalue weighted by atomic mass is 32.2. The van der Waals surface area contributed by atoms with Crippen molar-refractivity contribution in [3.05, 3.63) is 6.07 Å². The second-order valence-electron chi connectivity index (χ2n) is 3.59. The van der Waals surface area contributed by atoms with Crippen LogP contribution in [0.3, 0.4) is 0 Å². The second-order valence-corrected chi connectivity index (χ2v) is 4.85. The van der Waals surface area contributed by atoms with Gasteiger partial charge in [-0.15, -0.1) is 0 Å². The minimum Gasteiger partial charge on any atom is -0.383 e. The Morgan fingerprint density at radius 2 is 2.07 bits per heavy atom. The van der Waals surface area contributed by atoms with E-state index in [0.717, 1.165) is 13.1 Å². The van der Waals surface area contributed by atoms with Crippen molar-refractivity contribution in [3.63, 3.8) is 0 Å². The Morgan fingerprint density at radius 3 is 2.67 bits per heavy atom. The van der Waals surface area contributed by atoms with Gasteiger partial charge in [-0.05, 0) is 19.4 Å². The molecule has 0 saturated carbocycles. The maximum atomic E-state index is 5.60. The number of aromatic nitrogens is 2. The zero-order valence-electron chi connectivity index (χ0n) is 8.44. The van der Waals surface area contributed by atoms with E-state index in [0.29, 0.717) is 22.0 Å². The lowest BCUT2D eigenvalue weighted by atomic mass is 10.2. The van der Waals surface area contributed by atoms with Gasteiger partial charge >= 0.3 is 0 Å². The average Bonchev–Trinajstić information content (AvgIpc) is 2.17. The van der Waals surface area contributed by atoms with E-state index >= 15 is 0 Å². The van der Waals surface area contributed by atoms with Crippen molar-refractivity contribution in [2.75, 3.05) is 24.6 Å². The number of anilines is 2. The van der Waals surface area contributed by atoms with Crippen LogP contribution in [0.5, 0.6) is 0 Å². The number of thioether (sulfide) groups is 1. The van der Waals surface area contributed by atoms with Crippen molar-refractivity contribution in [2.45, 2.75) is 23.2 Å². The number of nitrogen functional groups attached to an aromatic ring is 2. The zero-order valence-corrected chi connectivity index (χ0v) is 9.26. The Kier molecular flexibility index (Phi) is 3.27. The number of nitrogens with two attached hydrogens (primary N) is 2. The summed E-state index contributed by atoms with van der Waals surface area (Å²) in [5.74, 6) is 0.877. The summed E-state index contributed by atoms with van der Waals surface area (Å²) in [6.45, 7) is 2.11. The molecule has 82 valence electrons. The van der Waals surface area contributed by atoms with Crippen LogP contribution in [0.4, 0.5) is 11.6 Å². The summed E-state index contributed by atoms with van der Waals surface area (Å²) in [7, 11) is 0. The molecule has 0 radical (unpaired) electrons. The number of hydrogen-bond donors (Lipinski definition) is 3. The molecule has 5 nitrogen and oxygen atoms in total. The summed E-state index contributed by atoms with van der Waals surface area (Å²) in [6.07, 6.45) is 2.39. The van der Waals surface area contributed by atoms with Crippen LogP contribution in [0.2, 0.25) is 0 Å². The van der Waals surface area contributed by atoms with E-state index < -0.39 is 0 Å². The predicted molar refractivity (Wildman–Crippen MR) is 62.6 cm³/mol. The topological polar surface area (TPSA) is 89.9 Å². The van der Waals surface area contributed by atoms with Crippen molar-refractivity contribution in [2.24, 2.45) is 0 Å². The first kappa shape index (κ1) is 10.5. The molecule has 1 unspecified atom stereocenters. The summed E-state index contributed by atoms with van der Waals surface area (Å²) in [5.41, 5.74) is 11.2. The molecule has 0 aromatic carbocycles. The Balaban J connectivity index is 2.02. The van der Waals surface area contributed by atoms with E-state index in [9.17, 15) is 0 Å². The fourth-order valence-corrected chi connectivity index (χ4v) is 2.68. The van der Waals surface area contributed by atoms with Gasteiger partial charge in [-0.25, -0.2) is 9.97 Å². The van der Waals surface area contributed by atoms with E-state index in [2.05, 4.69) is 15.3 Å². The summed E-state index contributed by atoms with van der Waals surface area (Å²) >= 11 is 1.65. The van der Waals surface area contributed by atoms with Gasteiger partial charge in [0.15, 0.2) is 5.16 Å². The summed E-state index contributed by atoms with van der Waals surface area (Å²) in [5, 5.41) is 4.55. The van der Waals surface area contributed by atoms with Crippen molar-refractivity contribution in [1.29, 1.82) is 0 Å². The number of nitrogens with one attached hydrogen (secondary N) is 1. The van der Waals surface area contributed by atoms with Gasteiger partial charge in [-0.2, -0.15) is 0 Å².